The van der Waals surface area contributed by atoms with Gasteiger partial charge in [0.2, 0.25) is 0 Å². The fourth-order valence-electron chi connectivity index (χ4n) is 4.08. The molecule has 2 N–H and O–H groups in total. The van der Waals surface area contributed by atoms with E-state index in [4.69, 9.17) is 9.84 Å². The zero-order valence-electron chi connectivity index (χ0n) is 23.0. The van der Waals surface area contributed by atoms with Crippen LogP contribution >= 0.6 is 11.8 Å². The number of aliphatic carboxylic acids is 1. The molecule has 0 spiro atoms. The molecule has 0 aliphatic heterocycles. The van der Waals surface area contributed by atoms with Crippen molar-refractivity contribution in [3.63, 3.8) is 0 Å². The molecule has 0 saturated carbocycles. The van der Waals surface area contributed by atoms with Crippen molar-refractivity contribution in [1.82, 2.24) is 0 Å². The Hall–Kier alpha value is -3.45. The highest BCUT2D eigenvalue weighted by Crippen LogP contribution is 2.31. The van der Waals surface area contributed by atoms with Gasteiger partial charge in [-0.15, -0.1) is 0 Å². The number of hydrogen-bond donors (Lipinski definition) is 2. The molecular formula is C32H40N2O4S. The Bertz CT molecular complexity index is 1170. The maximum Gasteiger partial charge on any atom is 0.326 e. The number of amides is 2. The third-order valence-electron chi connectivity index (χ3n) is 6.25. The zero-order chi connectivity index (χ0) is 27.9. The second kappa shape index (κ2) is 16.5. The Kier molecular flexibility index (Phi) is 12.7. The summed E-state index contributed by atoms with van der Waals surface area (Å²) in [5.74, 6) is -0.0395. The predicted molar refractivity (Wildman–Crippen MR) is 160 cm³/mol. The second-order valence-electron chi connectivity index (χ2n) is 9.54. The Morgan fingerprint density at radius 3 is 2.26 bits per heavy atom. The number of carbonyl (C=O) groups is 2. The first kappa shape index (κ1) is 30.1. The highest BCUT2D eigenvalue weighted by molar-refractivity contribution is 7.99. The first-order valence-electron chi connectivity index (χ1n) is 13.9. The molecule has 6 nitrogen and oxygen atoms in total. The summed E-state index contributed by atoms with van der Waals surface area (Å²) in [5, 5.41) is 12.1. The van der Waals surface area contributed by atoms with E-state index in [1.807, 2.05) is 77.7 Å². The van der Waals surface area contributed by atoms with Gasteiger partial charge in [-0.2, -0.15) is 0 Å². The molecule has 39 heavy (non-hydrogen) atoms. The van der Waals surface area contributed by atoms with Crippen molar-refractivity contribution in [1.29, 1.82) is 0 Å². The van der Waals surface area contributed by atoms with Crippen LogP contribution < -0.4 is 15.0 Å². The van der Waals surface area contributed by atoms with E-state index in [0.717, 1.165) is 58.2 Å². The number of ether oxygens (including phenoxy) is 1. The Balaban J connectivity index is 1.71. The number of rotatable bonds is 16. The number of carboxylic acid groups (broad SMARTS) is 1. The Morgan fingerprint density at radius 1 is 0.846 bits per heavy atom. The van der Waals surface area contributed by atoms with Gasteiger partial charge in [0, 0.05) is 27.7 Å². The number of carbonyl (C=O) groups excluding carboxylic acids is 1. The van der Waals surface area contributed by atoms with Gasteiger partial charge in [0.1, 0.15) is 5.75 Å². The van der Waals surface area contributed by atoms with Gasteiger partial charge in [0.25, 0.3) is 0 Å². The second-order valence-corrected chi connectivity index (χ2v) is 10.7. The lowest BCUT2D eigenvalue weighted by molar-refractivity contribution is -0.136. The molecule has 0 aromatic heterocycles. The molecule has 0 bridgehead atoms. The van der Waals surface area contributed by atoms with Gasteiger partial charge in [0.05, 0.1) is 13.0 Å². The number of carboxylic acids is 1. The number of nitrogens with zero attached hydrogens (tertiary/aromatic N) is 1. The molecule has 3 rings (SSSR count). The molecule has 0 radical (unpaired) electrons. The van der Waals surface area contributed by atoms with Crippen molar-refractivity contribution in [2.45, 2.75) is 75.0 Å². The molecule has 0 aliphatic carbocycles. The molecule has 7 heteroatoms. The van der Waals surface area contributed by atoms with E-state index in [9.17, 15) is 9.59 Å². The van der Waals surface area contributed by atoms with Crippen molar-refractivity contribution in [3.8, 4) is 5.75 Å². The minimum absolute atomic E-state index is 0.0113. The fraction of sp³-hybridized carbons (Fsp3) is 0.375. The average Bonchev–Trinajstić information content (AvgIpc) is 2.93. The van der Waals surface area contributed by atoms with Crippen LogP contribution in [0.25, 0.3) is 0 Å². The summed E-state index contributed by atoms with van der Waals surface area (Å²) in [6.07, 6.45) is 7.67. The van der Waals surface area contributed by atoms with Crippen LogP contribution in [0.5, 0.6) is 5.75 Å². The van der Waals surface area contributed by atoms with E-state index in [0.29, 0.717) is 13.2 Å². The number of benzene rings is 3. The standard InChI is InChI=1S/C32H40N2O4S/c1-3-5-7-8-9-21-34(32(37)33-26-15-17-28(18-16-26)38-22-6-4-2)27-11-10-12-30(24-27)39-29-19-13-25(14-20-29)23-31(35)36/h10-20,24H,3-9,21-23H2,1-2H3,(H,33,37)(H,35,36). The molecule has 3 aromatic carbocycles. The van der Waals surface area contributed by atoms with E-state index in [1.54, 1.807) is 11.8 Å². The summed E-state index contributed by atoms with van der Waals surface area (Å²) in [6.45, 7) is 5.65. The summed E-state index contributed by atoms with van der Waals surface area (Å²) in [4.78, 5) is 28.3. The molecule has 3 aromatic rings. The van der Waals surface area contributed by atoms with Gasteiger partial charge < -0.3 is 15.2 Å². The number of urea groups is 1. The zero-order valence-corrected chi connectivity index (χ0v) is 23.8. The van der Waals surface area contributed by atoms with Crippen LogP contribution in [0.1, 0.15) is 64.4 Å². The normalized spacial score (nSPS) is 10.7. The van der Waals surface area contributed by atoms with Crippen LogP contribution in [0, 0.1) is 0 Å². The Labute approximate surface area is 236 Å². The SMILES string of the molecule is CCCCCCCN(C(=O)Nc1ccc(OCCCC)cc1)c1cccc(Sc2ccc(CC(=O)O)cc2)c1. The van der Waals surface area contributed by atoms with Crippen molar-refractivity contribution >= 4 is 35.1 Å². The molecule has 0 fully saturated rings. The summed E-state index contributed by atoms with van der Waals surface area (Å²) in [6, 6.07) is 22.9. The summed E-state index contributed by atoms with van der Waals surface area (Å²) in [5.41, 5.74) is 2.34. The van der Waals surface area contributed by atoms with Crippen molar-refractivity contribution < 1.29 is 19.4 Å². The van der Waals surface area contributed by atoms with Crippen LogP contribution in [0.4, 0.5) is 16.2 Å². The maximum absolute atomic E-state index is 13.5. The van der Waals surface area contributed by atoms with Crippen LogP contribution in [-0.4, -0.2) is 30.3 Å². The largest absolute Gasteiger partial charge is 0.494 e. The molecule has 0 heterocycles. The minimum atomic E-state index is -0.840. The summed E-state index contributed by atoms with van der Waals surface area (Å²) >= 11 is 1.59. The fourth-order valence-corrected chi connectivity index (χ4v) is 4.95. The topological polar surface area (TPSA) is 78.9 Å². The molecule has 0 atom stereocenters. The molecule has 0 saturated heterocycles. The minimum Gasteiger partial charge on any atom is -0.494 e. The van der Waals surface area contributed by atoms with Crippen LogP contribution in [0.2, 0.25) is 0 Å². The molecule has 0 unspecified atom stereocenters. The predicted octanol–water partition coefficient (Wildman–Crippen LogP) is 8.65. The van der Waals surface area contributed by atoms with Gasteiger partial charge in [-0.05, 0) is 73.0 Å². The molecular weight excluding hydrogens is 508 g/mol. The first-order chi connectivity index (χ1) is 19.0. The van der Waals surface area contributed by atoms with Gasteiger partial charge >= 0.3 is 12.0 Å². The number of hydrogen-bond acceptors (Lipinski definition) is 4. The van der Waals surface area contributed by atoms with E-state index in [-0.39, 0.29) is 12.5 Å². The highest BCUT2D eigenvalue weighted by Gasteiger charge is 2.17. The summed E-state index contributed by atoms with van der Waals surface area (Å²) in [7, 11) is 0. The van der Waals surface area contributed by atoms with E-state index in [2.05, 4.69) is 19.2 Å². The lowest BCUT2D eigenvalue weighted by Crippen LogP contribution is -2.35. The van der Waals surface area contributed by atoms with E-state index < -0.39 is 5.97 Å². The van der Waals surface area contributed by atoms with Gasteiger partial charge in [-0.3, -0.25) is 9.69 Å². The van der Waals surface area contributed by atoms with Crippen molar-refractivity contribution in [2.75, 3.05) is 23.4 Å². The van der Waals surface area contributed by atoms with Crippen LogP contribution in [0.3, 0.4) is 0 Å². The third-order valence-corrected chi connectivity index (χ3v) is 7.24. The van der Waals surface area contributed by atoms with Gasteiger partial charge in [-0.25, -0.2) is 4.79 Å². The quantitative estimate of drug-likeness (QED) is 0.175. The van der Waals surface area contributed by atoms with Crippen LogP contribution in [-0.2, 0) is 11.2 Å². The smallest absolute Gasteiger partial charge is 0.326 e. The summed E-state index contributed by atoms with van der Waals surface area (Å²) < 4.78 is 5.74. The Morgan fingerprint density at radius 2 is 1.56 bits per heavy atom. The van der Waals surface area contributed by atoms with Gasteiger partial charge in [0.15, 0.2) is 0 Å². The van der Waals surface area contributed by atoms with E-state index >= 15 is 0 Å². The molecule has 0 aliphatic rings. The molecule has 2 amide bonds. The average molecular weight is 549 g/mol. The first-order valence-corrected chi connectivity index (χ1v) is 14.7. The van der Waals surface area contributed by atoms with Crippen molar-refractivity contribution in [2.24, 2.45) is 0 Å². The monoisotopic (exact) mass is 548 g/mol. The lowest BCUT2D eigenvalue weighted by Gasteiger charge is -2.24. The number of anilines is 2. The van der Waals surface area contributed by atoms with E-state index in [1.165, 1.54) is 19.3 Å². The van der Waals surface area contributed by atoms with Crippen molar-refractivity contribution in [3.05, 3.63) is 78.4 Å². The third kappa shape index (κ3) is 10.7. The number of nitrogens with one attached hydrogen (secondary N) is 1. The highest BCUT2D eigenvalue weighted by atomic mass is 32.2. The molecule has 208 valence electrons. The number of unbranched alkanes of at least 4 members (excludes halogenated alkanes) is 5. The lowest BCUT2D eigenvalue weighted by atomic mass is 10.1. The van der Waals surface area contributed by atoms with Gasteiger partial charge in [-0.1, -0.05) is 75.9 Å². The maximum atomic E-state index is 13.5. The van der Waals surface area contributed by atoms with Crippen LogP contribution in [0.15, 0.2) is 82.6 Å².